The predicted molar refractivity (Wildman–Crippen MR) is 73.1 cm³/mol. The number of aryl methyl sites for hydroxylation is 1. The number of hydrogen-bond acceptors (Lipinski definition) is 1. The van der Waals surface area contributed by atoms with Gasteiger partial charge in [0.25, 0.3) is 0 Å². The van der Waals surface area contributed by atoms with E-state index in [1.807, 2.05) is 0 Å². The van der Waals surface area contributed by atoms with Crippen LogP contribution in [0.1, 0.15) is 57.6 Å². The average Bonchev–Trinajstić information content (AvgIpc) is 3.07. The summed E-state index contributed by atoms with van der Waals surface area (Å²) in [5, 5.41) is 3.70. The molecule has 1 unspecified atom stereocenters. The van der Waals surface area contributed by atoms with E-state index in [-0.39, 0.29) is 0 Å². The quantitative estimate of drug-likeness (QED) is 0.725. The van der Waals surface area contributed by atoms with Gasteiger partial charge in [0.05, 0.1) is 0 Å². The van der Waals surface area contributed by atoms with Gasteiger partial charge in [-0.05, 0) is 49.8 Å². The standard InChI is InChI=1S/C15H26N2/c1-3-5-10-17-11-8-14(12-17)15(13-6-7-13)16-9-4-2/h8,11-13,15-16H,3-7,9-10H2,1-2H3. The van der Waals surface area contributed by atoms with Crippen molar-refractivity contribution in [3.8, 4) is 0 Å². The SMILES string of the molecule is CCCCn1ccc(C(NCCC)C2CC2)c1. The Labute approximate surface area is 105 Å². The van der Waals surface area contributed by atoms with Gasteiger partial charge in [-0.2, -0.15) is 0 Å². The van der Waals surface area contributed by atoms with Crippen LogP contribution in [0.3, 0.4) is 0 Å². The molecule has 2 heteroatoms. The van der Waals surface area contributed by atoms with E-state index in [2.05, 4.69) is 42.2 Å². The molecule has 0 aromatic carbocycles. The number of aromatic nitrogens is 1. The molecule has 1 aromatic rings. The fourth-order valence-corrected chi connectivity index (χ4v) is 2.41. The average molecular weight is 234 g/mol. The van der Waals surface area contributed by atoms with Crippen molar-refractivity contribution in [3.05, 3.63) is 24.0 Å². The van der Waals surface area contributed by atoms with Gasteiger partial charge in [-0.3, -0.25) is 0 Å². The fourth-order valence-electron chi connectivity index (χ4n) is 2.41. The lowest BCUT2D eigenvalue weighted by Crippen LogP contribution is -2.23. The molecule has 0 bridgehead atoms. The third kappa shape index (κ3) is 3.60. The summed E-state index contributed by atoms with van der Waals surface area (Å²) in [5.41, 5.74) is 1.50. The van der Waals surface area contributed by atoms with Crippen molar-refractivity contribution in [3.63, 3.8) is 0 Å². The van der Waals surface area contributed by atoms with Crippen molar-refractivity contribution >= 4 is 0 Å². The van der Waals surface area contributed by atoms with Gasteiger partial charge in [-0.25, -0.2) is 0 Å². The molecular formula is C15H26N2. The molecule has 1 saturated carbocycles. The van der Waals surface area contributed by atoms with Crippen LogP contribution in [0.5, 0.6) is 0 Å². The van der Waals surface area contributed by atoms with Crippen LogP contribution in [0.15, 0.2) is 18.5 Å². The summed E-state index contributed by atoms with van der Waals surface area (Å²) in [5.74, 6) is 0.892. The van der Waals surface area contributed by atoms with Gasteiger partial charge in [0, 0.05) is 25.0 Å². The van der Waals surface area contributed by atoms with Crippen molar-refractivity contribution < 1.29 is 0 Å². The lowest BCUT2D eigenvalue weighted by atomic mass is 10.1. The maximum atomic E-state index is 3.70. The molecule has 2 rings (SSSR count). The molecule has 0 amide bonds. The number of nitrogens with zero attached hydrogens (tertiary/aromatic N) is 1. The molecule has 2 nitrogen and oxygen atoms in total. The topological polar surface area (TPSA) is 17.0 Å². The van der Waals surface area contributed by atoms with Crippen molar-refractivity contribution in [1.29, 1.82) is 0 Å². The zero-order valence-corrected chi connectivity index (χ0v) is 11.3. The maximum absolute atomic E-state index is 3.70. The number of unbranched alkanes of at least 4 members (excludes halogenated alkanes) is 1. The van der Waals surface area contributed by atoms with E-state index in [0.29, 0.717) is 6.04 Å². The second kappa shape index (κ2) is 6.25. The fraction of sp³-hybridized carbons (Fsp3) is 0.733. The normalized spacial score (nSPS) is 17.3. The Kier molecular flexibility index (Phi) is 4.66. The van der Waals surface area contributed by atoms with Gasteiger partial charge >= 0.3 is 0 Å². The second-order valence-electron chi connectivity index (χ2n) is 5.31. The summed E-state index contributed by atoms with van der Waals surface area (Å²) in [6, 6.07) is 2.92. The van der Waals surface area contributed by atoms with Crippen LogP contribution in [-0.4, -0.2) is 11.1 Å². The van der Waals surface area contributed by atoms with E-state index in [4.69, 9.17) is 0 Å². The summed E-state index contributed by atoms with van der Waals surface area (Å²) < 4.78 is 2.35. The Morgan fingerprint density at radius 3 is 2.82 bits per heavy atom. The number of nitrogens with one attached hydrogen (secondary N) is 1. The highest BCUT2D eigenvalue weighted by Crippen LogP contribution is 2.41. The molecule has 1 fully saturated rings. The Morgan fingerprint density at radius 2 is 2.18 bits per heavy atom. The van der Waals surface area contributed by atoms with E-state index in [1.165, 1.54) is 44.2 Å². The van der Waals surface area contributed by atoms with Crippen molar-refractivity contribution in [2.45, 2.75) is 58.5 Å². The Morgan fingerprint density at radius 1 is 1.35 bits per heavy atom. The van der Waals surface area contributed by atoms with Crippen LogP contribution in [-0.2, 0) is 6.54 Å². The minimum absolute atomic E-state index is 0.609. The Hall–Kier alpha value is -0.760. The number of hydrogen-bond donors (Lipinski definition) is 1. The van der Waals surface area contributed by atoms with E-state index < -0.39 is 0 Å². The van der Waals surface area contributed by atoms with Gasteiger partial charge in [-0.1, -0.05) is 20.3 Å². The van der Waals surface area contributed by atoms with Crippen molar-refractivity contribution in [2.75, 3.05) is 6.54 Å². The monoisotopic (exact) mass is 234 g/mol. The summed E-state index contributed by atoms with van der Waals surface area (Å²) in [7, 11) is 0. The minimum Gasteiger partial charge on any atom is -0.354 e. The van der Waals surface area contributed by atoms with Crippen LogP contribution < -0.4 is 5.32 Å². The molecule has 96 valence electrons. The van der Waals surface area contributed by atoms with Crippen LogP contribution in [0, 0.1) is 5.92 Å². The maximum Gasteiger partial charge on any atom is 0.0363 e. The van der Waals surface area contributed by atoms with Crippen LogP contribution >= 0.6 is 0 Å². The molecule has 1 N–H and O–H groups in total. The molecule has 1 aliphatic carbocycles. The lowest BCUT2D eigenvalue weighted by Gasteiger charge is -2.16. The van der Waals surface area contributed by atoms with Crippen molar-refractivity contribution in [1.82, 2.24) is 9.88 Å². The van der Waals surface area contributed by atoms with Crippen LogP contribution in [0.25, 0.3) is 0 Å². The third-order valence-corrected chi connectivity index (χ3v) is 3.61. The molecule has 0 radical (unpaired) electrons. The predicted octanol–water partition coefficient (Wildman–Crippen LogP) is 3.74. The van der Waals surface area contributed by atoms with Gasteiger partial charge < -0.3 is 9.88 Å². The highest BCUT2D eigenvalue weighted by molar-refractivity contribution is 5.18. The molecule has 0 aliphatic heterocycles. The first-order chi connectivity index (χ1) is 8.35. The zero-order chi connectivity index (χ0) is 12.1. The molecular weight excluding hydrogens is 208 g/mol. The minimum atomic E-state index is 0.609. The van der Waals surface area contributed by atoms with Gasteiger partial charge in [0.1, 0.15) is 0 Å². The second-order valence-corrected chi connectivity index (χ2v) is 5.31. The summed E-state index contributed by atoms with van der Waals surface area (Å²) in [4.78, 5) is 0. The van der Waals surface area contributed by atoms with Gasteiger partial charge in [-0.15, -0.1) is 0 Å². The van der Waals surface area contributed by atoms with Crippen molar-refractivity contribution in [2.24, 2.45) is 5.92 Å². The summed E-state index contributed by atoms with van der Waals surface area (Å²) in [6.45, 7) is 6.80. The molecule has 0 spiro atoms. The highest BCUT2D eigenvalue weighted by atomic mass is 15.0. The first-order valence-corrected chi connectivity index (χ1v) is 7.24. The van der Waals surface area contributed by atoms with E-state index >= 15 is 0 Å². The smallest absolute Gasteiger partial charge is 0.0363 e. The van der Waals surface area contributed by atoms with Gasteiger partial charge in [0.15, 0.2) is 0 Å². The van der Waals surface area contributed by atoms with E-state index in [9.17, 15) is 0 Å². The lowest BCUT2D eigenvalue weighted by molar-refractivity contribution is 0.480. The molecule has 1 aliphatic rings. The highest BCUT2D eigenvalue weighted by Gasteiger charge is 2.32. The van der Waals surface area contributed by atoms with E-state index in [1.54, 1.807) is 0 Å². The first-order valence-electron chi connectivity index (χ1n) is 7.24. The Bertz CT molecular complexity index is 325. The molecule has 17 heavy (non-hydrogen) atoms. The summed E-state index contributed by atoms with van der Waals surface area (Å²) >= 11 is 0. The van der Waals surface area contributed by atoms with E-state index in [0.717, 1.165) is 12.5 Å². The zero-order valence-electron chi connectivity index (χ0n) is 11.3. The largest absolute Gasteiger partial charge is 0.354 e. The molecule has 1 aromatic heterocycles. The van der Waals surface area contributed by atoms with Crippen LogP contribution in [0.4, 0.5) is 0 Å². The van der Waals surface area contributed by atoms with Crippen LogP contribution in [0.2, 0.25) is 0 Å². The Balaban J connectivity index is 1.94. The first kappa shape index (κ1) is 12.7. The molecule has 1 atom stereocenters. The molecule has 0 saturated heterocycles. The third-order valence-electron chi connectivity index (χ3n) is 3.61. The molecule has 1 heterocycles. The summed E-state index contributed by atoms with van der Waals surface area (Å²) in [6.07, 6.45) is 11.2. The van der Waals surface area contributed by atoms with Gasteiger partial charge in [0.2, 0.25) is 0 Å². The number of rotatable bonds is 8.